The zero-order chi connectivity index (χ0) is 13.0. The van der Waals surface area contributed by atoms with Crippen LogP contribution in [0.1, 0.15) is 18.4 Å². The highest BCUT2D eigenvalue weighted by atomic mass is 16.6. The lowest BCUT2D eigenvalue weighted by atomic mass is 10.2. The minimum absolute atomic E-state index is 0.190. The monoisotopic (exact) mass is 250 g/mol. The maximum absolute atomic E-state index is 11.8. The van der Waals surface area contributed by atoms with E-state index < -0.39 is 18.1 Å². The molecule has 2 N–H and O–H groups in total. The summed E-state index contributed by atoms with van der Waals surface area (Å²) >= 11 is 0. The van der Waals surface area contributed by atoms with Gasteiger partial charge in [0.1, 0.15) is 6.61 Å². The highest BCUT2D eigenvalue weighted by Crippen LogP contribution is 2.18. The first-order valence-electron chi connectivity index (χ1n) is 5.91. The first-order valence-corrected chi connectivity index (χ1v) is 5.91. The summed E-state index contributed by atoms with van der Waals surface area (Å²) in [5, 5.41) is 7.11. The topological polar surface area (TPSA) is 69.5 Å². The van der Waals surface area contributed by atoms with Gasteiger partial charge in [-0.25, -0.2) is 4.79 Å². The minimum Gasteiger partial charge on any atom is -0.563 e. The first-order chi connectivity index (χ1) is 8.68. The fraction of sp³-hybridized carbons (Fsp3) is 0.385. The van der Waals surface area contributed by atoms with Gasteiger partial charge in [-0.15, -0.1) is 0 Å². The molecule has 0 aromatic heterocycles. The number of likely N-dealkylation sites (tertiary alicyclic amines) is 1. The normalized spacial score (nSPS) is 18.7. The van der Waals surface area contributed by atoms with E-state index in [1.54, 1.807) is 0 Å². The number of rotatable bonds is 3. The Balaban J connectivity index is 1.90. The maximum Gasteiger partial charge on any atom is 0.538 e. The Kier molecular flexibility index (Phi) is 3.82. The highest BCUT2D eigenvalue weighted by molar-refractivity contribution is 5.80. The third-order valence-electron chi connectivity index (χ3n) is 3.00. The second-order valence-corrected chi connectivity index (χ2v) is 4.26. The van der Waals surface area contributed by atoms with Crippen LogP contribution in [0.5, 0.6) is 0 Å². The molecule has 1 heterocycles. The first kappa shape index (κ1) is 12.4. The van der Waals surface area contributed by atoms with Crippen molar-refractivity contribution in [3.63, 3.8) is 0 Å². The zero-order valence-corrected chi connectivity index (χ0v) is 9.96. The van der Waals surface area contributed by atoms with E-state index in [1.165, 1.54) is 4.90 Å². The van der Waals surface area contributed by atoms with Crippen LogP contribution in [0.15, 0.2) is 30.3 Å². The van der Waals surface area contributed by atoms with E-state index in [0.29, 0.717) is 13.0 Å². The Morgan fingerprint density at radius 1 is 1.33 bits per heavy atom. The van der Waals surface area contributed by atoms with Crippen LogP contribution in [0, 0.1) is 0 Å². The van der Waals surface area contributed by atoms with Crippen LogP contribution in [-0.2, 0) is 16.1 Å². The summed E-state index contributed by atoms with van der Waals surface area (Å²) in [5.74, 6) is -0.718. The third kappa shape index (κ3) is 2.80. The van der Waals surface area contributed by atoms with Crippen molar-refractivity contribution < 1.29 is 19.4 Å². The summed E-state index contributed by atoms with van der Waals surface area (Å²) in [5.41, 5.74) is 0.902. The van der Waals surface area contributed by atoms with Crippen LogP contribution >= 0.6 is 0 Å². The molecule has 1 aromatic rings. The van der Waals surface area contributed by atoms with Crippen LogP contribution in [0.4, 0.5) is 4.79 Å². The van der Waals surface area contributed by atoms with Crippen LogP contribution < -0.4 is 0 Å². The van der Waals surface area contributed by atoms with Gasteiger partial charge in [0.05, 0.1) is 0 Å². The Hall–Kier alpha value is -2.04. The van der Waals surface area contributed by atoms with Gasteiger partial charge in [-0.05, 0) is 18.4 Å². The van der Waals surface area contributed by atoms with Crippen LogP contribution in [0.25, 0.3) is 0 Å². The average Bonchev–Trinajstić information content (AvgIpc) is 2.86. The summed E-state index contributed by atoms with van der Waals surface area (Å²) in [6.07, 6.45) is 0.792. The molecule has 5 nitrogen and oxygen atoms in total. The van der Waals surface area contributed by atoms with E-state index >= 15 is 0 Å². The molecule has 1 atom stereocenters. The lowest BCUT2D eigenvalue weighted by Crippen LogP contribution is -2.40. The van der Waals surface area contributed by atoms with E-state index in [0.717, 1.165) is 12.0 Å². The van der Waals surface area contributed by atoms with Gasteiger partial charge < -0.3 is 9.84 Å². The number of benzene rings is 1. The number of hydrogen-bond acceptors (Lipinski definition) is 3. The maximum atomic E-state index is 11.8. The molecular formula is C13H16NO4+. The van der Waals surface area contributed by atoms with E-state index in [4.69, 9.17) is 9.84 Å². The molecule has 18 heavy (non-hydrogen) atoms. The SMILES string of the molecule is O=C([OH2+])[C@H]1CCCN1C(=O)OCc1ccccc1. The summed E-state index contributed by atoms with van der Waals surface area (Å²) in [7, 11) is 0. The molecule has 1 saturated heterocycles. The van der Waals surface area contributed by atoms with Crippen LogP contribution in [-0.4, -0.2) is 34.7 Å². The van der Waals surface area contributed by atoms with Crippen molar-refractivity contribution in [3.05, 3.63) is 35.9 Å². The predicted octanol–water partition coefficient (Wildman–Crippen LogP) is 1.04. The molecule has 1 fully saturated rings. The van der Waals surface area contributed by atoms with Crippen molar-refractivity contribution in [3.8, 4) is 0 Å². The summed E-state index contributed by atoms with van der Waals surface area (Å²) in [4.78, 5) is 24.2. The Morgan fingerprint density at radius 2 is 2.06 bits per heavy atom. The highest BCUT2D eigenvalue weighted by Gasteiger charge is 2.39. The number of hydrogen-bond donors (Lipinski definition) is 0. The van der Waals surface area contributed by atoms with Crippen molar-refractivity contribution in [1.29, 1.82) is 0 Å². The standard InChI is InChI=1S/C13H15NO4/c15-12(16)11-7-4-8-14(11)13(17)18-9-10-5-2-1-3-6-10/h1-3,5-6,11H,4,7-9H2,(H,15,16)/p+1/t11-/m1/s1. The molecule has 0 radical (unpaired) electrons. The molecular weight excluding hydrogens is 234 g/mol. The lowest BCUT2D eigenvalue weighted by Gasteiger charge is -2.18. The van der Waals surface area contributed by atoms with E-state index in [1.807, 2.05) is 30.3 Å². The molecule has 0 spiro atoms. The average molecular weight is 250 g/mol. The van der Waals surface area contributed by atoms with E-state index in [2.05, 4.69) is 0 Å². The molecule has 96 valence electrons. The number of amides is 1. The Labute approximate surface area is 105 Å². The molecule has 5 heteroatoms. The van der Waals surface area contributed by atoms with Gasteiger partial charge >= 0.3 is 12.1 Å². The Morgan fingerprint density at radius 3 is 2.72 bits per heavy atom. The summed E-state index contributed by atoms with van der Waals surface area (Å²) < 4.78 is 5.14. The van der Waals surface area contributed by atoms with Crippen molar-refractivity contribution >= 4 is 12.1 Å². The lowest BCUT2D eigenvalue weighted by molar-refractivity contribution is -0.141. The van der Waals surface area contributed by atoms with Crippen molar-refractivity contribution in [2.75, 3.05) is 6.54 Å². The van der Waals surface area contributed by atoms with E-state index in [9.17, 15) is 9.59 Å². The second kappa shape index (κ2) is 5.53. The minimum atomic E-state index is -0.718. The number of carbonyl (C=O) groups is 2. The van der Waals surface area contributed by atoms with Gasteiger partial charge in [0.15, 0.2) is 6.04 Å². The van der Waals surface area contributed by atoms with Crippen molar-refractivity contribution in [2.24, 2.45) is 0 Å². The fourth-order valence-corrected chi connectivity index (χ4v) is 2.06. The van der Waals surface area contributed by atoms with Gasteiger partial charge in [-0.3, -0.25) is 4.90 Å². The molecule has 0 aliphatic carbocycles. The molecule has 1 aliphatic rings. The summed E-state index contributed by atoms with van der Waals surface area (Å²) in [6.45, 7) is 0.679. The number of ether oxygens (including phenoxy) is 1. The smallest absolute Gasteiger partial charge is 0.538 e. The molecule has 0 bridgehead atoms. The quantitative estimate of drug-likeness (QED) is 0.752. The second-order valence-electron chi connectivity index (χ2n) is 4.26. The third-order valence-corrected chi connectivity index (χ3v) is 3.00. The zero-order valence-electron chi connectivity index (χ0n) is 9.96. The van der Waals surface area contributed by atoms with Gasteiger partial charge in [-0.1, -0.05) is 30.3 Å². The van der Waals surface area contributed by atoms with Gasteiger partial charge in [0, 0.05) is 11.3 Å². The number of nitrogens with zero attached hydrogens (tertiary/aromatic N) is 1. The summed E-state index contributed by atoms with van der Waals surface area (Å²) in [6, 6.07) is 8.73. The fourth-order valence-electron chi connectivity index (χ4n) is 2.06. The van der Waals surface area contributed by atoms with Crippen LogP contribution in [0.2, 0.25) is 0 Å². The van der Waals surface area contributed by atoms with Crippen LogP contribution in [0.3, 0.4) is 0 Å². The largest absolute Gasteiger partial charge is 0.563 e. The predicted molar refractivity (Wildman–Crippen MR) is 65.0 cm³/mol. The molecule has 1 amide bonds. The van der Waals surface area contributed by atoms with Gasteiger partial charge in [-0.2, -0.15) is 0 Å². The Bertz CT molecular complexity index is 432. The molecule has 1 aromatic carbocycles. The molecule has 2 rings (SSSR count). The van der Waals surface area contributed by atoms with E-state index in [-0.39, 0.29) is 6.61 Å². The molecule has 0 saturated carbocycles. The number of carbonyl (C=O) groups excluding carboxylic acids is 2. The van der Waals surface area contributed by atoms with Gasteiger partial charge in [0.25, 0.3) is 0 Å². The molecule has 1 aliphatic heterocycles. The van der Waals surface area contributed by atoms with Crippen molar-refractivity contribution in [1.82, 2.24) is 4.90 Å². The molecule has 0 unspecified atom stereocenters. The van der Waals surface area contributed by atoms with Gasteiger partial charge in [0.2, 0.25) is 0 Å². The van der Waals surface area contributed by atoms with Crippen molar-refractivity contribution in [2.45, 2.75) is 25.5 Å².